The van der Waals surface area contributed by atoms with Crippen molar-refractivity contribution in [2.45, 2.75) is 44.5 Å². The zero-order chi connectivity index (χ0) is 20.4. The third-order valence-corrected chi connectivity index (χ3v) is 5.43. The summed E-state index contributed by atoms with van der Waals surface area (Å²) < 4.78 is 21.4. The van der Waals surface area contributed by atoms with Crippen LogP contribution in [-0.2, 0) is 19.1 Å². The number of hydrogen-bond donors (Lipinski definition) is 1. The lowest BCUT2D eigenvalue weighted by atomic mass is 10.1. The molecule has 0 aliphatic carbocycles. The van der Waals surface area contributed by atoms with Gasteiger partial charge in [-0.15, -0.1) is 11.8 Å². The van der Waals surface area contributed by atoms with Crippen LogP contribution in [0.5, 0.6) is 5.75 Å². The summed E-state index contributed by atoms with van der Waals surface area (Å²) in [5, 5.41) is 11.4. The molecule has 0 spiro atoms. The van der Waals surface area contributed by atoms with Crippen LogP contribution in [0.25, 0.3) is 11.0 Å². The maximum absolute atomic E-state index is 11.6. The molecule has 0 unspecified atom stereocenters. The molecule has 1 aliphatic rings. The van der Waals surface area contributed by atoms with Gasteiger partial charge in [0.25, 0.3) is 0 Å². The fourth-order valence-electron chi connectivity index (χ4n) is 3.03. The van der Waals surface area contributed by atoms with Crippen LogP contribution in [0, 0.1) is 6.92 Å². The maximum Gasteiger partial charge on any atom is 0.336 e. The van der Waals surface area contributed by atoms with E-state index in [2.05, 4.69) is 0 Å². The van der Waals surface area contributed by atoms with E-state index in [0.29, 0.717) is 11.3 Å². The van der Waals surface area contributed by atoms with Gasteiger partial charge in [-0.05, 0) is 24.6 Å². The van der Waals surface area contributed by atoms with E-state index in [0.717, 1.165) is 10.9 Å². The minimum atomic E-state index is -1.23. The summed E-state index contributed by atoms with van der Waals surface area (Å²) >= 11 is 1.23. The predicted molar refractivity (Wildman–Crippen MR) is 101 cm³/mol. The van der Waals surface area contributed by atoms with E-state index in [9.17, 15) is 19.5 Å². The molecule has 4 atom stereocenters. The van der Waals surface area contributed by atoms with Gasteiger partial charge in [-0.25, -0.2) is 4.79 Å². The Bertz CT molecular complexity index is 953. The Kier molecular flexibility index (Phi) is 5.95. The molecule has 1 aliphatic heterocycles. The molecule has 2 heterocycles. The largest absolute Gasteiger partial charge is 0.477 e. The molecule has 28 heavy (non-hydrogen) atoms. The molecule has 1 aromatic carbocycles. The normalized spacial score (nSPS) is 24.6. The zero-order valence-corrected chi connectivity index (χ0v) is 16.4. The standard InChI is InChI=1S/C19H20O8S/c1-9-6-16(22)27-14-7-12(4-5-13(9)14)26-19-17(23)18(25-11(3)21)15(8-28-19)24-10(2)20/h4-7,15,17-19,23H,8H2,1-3H3/t15-,17-,18+,19-/m1/s1. The number of ether oxygens (including phenoxy) is 3. The lowest BCUT2D eigenvalue weighted by Crippen LogP contribution is -2.54. The number of hydrogen-bond acceptors (Lipinski definition) is 9. The van der Waals surface area contributed by atoms with Crippen molar-refractivity contribution >= 4 is 34.7 Å². The van der Waals surface area contributed by atoms with Gasteiger partial charge in [0.15, 0.2) is 17.6 Å². The number of benzene rings is 1. The van der Waals surface area contributed by atoms with Gasteiger partial charge in [0.2, 0.25) is 0 Å². The van der Waals surface area contributed by atoms with Crippen LogP contribution in [0.3, 0.4) is 0 Å². The average Bonchev–Trinajstić information content (AvgIpc) is 2.59. The molecule has 1 aromatic heterocycles. The molecular formula is C19H20O8S. The van der Waals surface area contributed by atoms with Crippen LogP contribution in [0.2, 0.25) is 0 Å². The monoisotopic (exact) mass is 408 g/mol. The fraction of sp³-hybridized carbons (Fsp3) is 0.421. The van der Waals surface area contributed by atoms with Crippen molar-refractivity contribution < 1.29 is 33.3 Å². The predicted octanol–water partition coefficient (Wildman–Crippen LogP) is 1.78. The van der Waals surface area contributed by atoms with Crippen molar-refractivity contribution in [1.82, 2.24) is 0 Å². The number of carbonyl (C=O) groups excluding carboxylic acids is 2. The summed E-state index contributed by atoms with van der Waals surface area (Å²) in [5.74, 6) is -0.476. The van der Waals surface area contributed by atoms with Gasteiger partial charge < -0.3 is 23.7 Å². The molecule has 9 heteroatoms. The summed E-state index contributed by atoms with van der Waals surface area (Å²) in [4.78, 5) is 34.3. The highest BCUT2D eigenvalue weighted by Gasteiger charge is 2.44. The van der Waals surface area contributed by atoms with Crippen LogP contribution in [-0.4, -0.2) is 46.5 Å². The van der Waals surface area contributed by atoms with Gasteiger partial charge in [-0.1, -0.05) is 0 Å². The Hall–Kier alpha value is -2.52. The van der Waals surface area contributed by atoms with E-state index in [4.69, 9.17) is 18.6 Å². The first kappa shape index (κ1) is 20.2. The highest BCUT2D eigenvalue weighted by Crippen LogP contribution is 2.33. The van der Waals surface area contributed by atoms with Crippen molar-refractivity contribution in [2.75, 3.05) is 5.75 Å². The average molecular weight is 408 g/mol. The molecule has 3 rings (SSSR count). The Labute approximate surface area is 164 Å². The van der Waals surface area contributed by atoms with Crippen LogP contribution in [0.1, 0.15) is 19.4 Å². The van der Waals surface area contributed by atoms with Crippen molar-refractivity contribution in [3.05, 3.63) is 40.2 Å². The fourth-order valence-corrected chi connectivity index (χ4v) is 4.19. The van der Waals surface area contributed by atoms with Crippen LogP contribution >= 0.6 is 11.8 Å². The first-order valence-electron chi connectivity index (χ1n) is 8.60. The smallest absolute Gasteiger partial charge is 0.336 e. The summed E-state index contributed by atoms with van der Waals surface area (Å²) in [6, 6.07) is 6.42. The third-order valence-electron chi connectivity index (χ3n) is 4.20. The summed E-state index contributed by atoms with van der Waals surface area (Å²) in [5.41, 5.74) is -0.0883. The van der Waals surface area contributed by atoms with Gasteiger partial charge >= 0.3 is 17.6 Å². The summed E-state index contributed by atoms with van der Waals surface area (Å²) in [7, 11) is 0. The third kappa shape index (κ3) is 4.48. The van der Waals surface area contributed by atoms with Gasteiger partial charge in [0.05, 0.1) is 0 Å². The number of esters is 2. The molecule has 150 valence electrons. The number of thioether (sulfide) groups is 1. The SMILES string of the molecule is CC(=O)O[C@@H]1[C@@H](O)[C@H](Oc2ccc3c(C)cc(=O)oc3c2)SC[C@H]1OC(C)=O. The number of aliphatic hydroxyl groups is 1. The lowest BCUT2D eigenvalue weighted by molar-refractivity contribution is -0.176. The van der Waals surface area contributed by atoms with E-state index in [1.807, 2.05) is 0 Å². The van der Waals surface area contributed by atoms with Gasteiger partial charge in [0, 0.05) is 37.1 Å². The van der Waals surface area contributed by atoms with Crippen molar-refractivity contribution in [1.29, 1.82) is 0 Å². The Morgan fingerprint density at radius 1 is 1.18 bits per heavy atom. The molecular weight excluding hydrogens is 388 g/mol. The molecule has 8 nitrogen and oxygen atoms in total. The van der Waals surface area contributed by atoms with Gasteiger partial charge in [-0.3, -0.25) is 9.59 Å². The van der Waals surface area contributed by atoms with E-state index in [-0.39, 0.29) is 5.75 Å². The van der Waals surface area contributed by atoms with Crippen LogP contribution < -0.4 is 10.4 Å². The summed E-state index contributed by atoms with van der Waals surface area (Å²) in [6.45, 7) is 4.26. The Morgan fingerprint density at radius 3 is 2.57 bits per heavy atom. The number of rotatable bonds is 4. The minimum Gasteiger partial charge on any atom is -0.477 e. The van der Waals surface area contributed by atoms with E-state index in [1.165, 1.54) is 31.7 Å². The van der Waals surface area contributed by atoms with Gasteiger partial charge in [-0.2, -0.15) is 0 Å². The van der Waals surface area contributed by atoms with Crippen molar-refractivity contribution in [3.8, 4) is 5.75 Å². The molecule has 0 bridgehead atoms. The van der Waals surface area contributed by atoms with Crippen LogP contribution in [0.15, 0.2) is 33.5 Å². The minimum absolute atomic E-state index is 0.279. The second-order valence-corrected chi connectivity index (χ2v) is 7.57. The topological polar surface area (TPSA) is 112 Å². The van der Waals surface area contributed by atoms with E-state index in [1.54, 1.807) is 25.1 Å². The number of aryl methyl sites for hydroxylation is 1. The Balaban J connectivity index is 1.82. The molecule has 0 radical (unpaired) electrons. The molecule has 0 amide bonds. The van der Waals surface area contributed by atoms with E-state index < -0.39 is 41.3 Å². The first-order valence-corrected chi connectivity index (χ1v) is 9.65. The van der Waals surface area contributed by atoms with E-state index >= 15 is 0 Å². The number of fused-ring (bicyclic) bond motifs is 1. The maximum atomic E-state index is 11.6. The van der Waals surface area contributed by atoms with Crippen molar-refractivity contribution in [3.63, 3.8) is 0 Å². The second-order valence-electron chi connectivity index (χ2n) is 6.44. The van der Waals surface area contributed by atoms with Crippen LogP contribution in [0.4, 0.5) is 0 Å². The highest BCUT2D eigenvalue weighted by atomic mass is 32.2. The highest BCUT2D eigenvalue weighted by molar-refractivity contribution is 7.99. The summed E-state index contributed by atoms with van der Waals surface area (Å²) in [6.07, 6.45) is -3.06. The Morgan fingerprint density at radius 2 is 1.89 bits per heavy atom. The molecule has 1 fully saturated rings. The molecule has 0 saturated carbocycles. The van der Waals surface area contributed by atoms with Gasteiger partial charge in [0.1, 0.15) is 17.4 Å². The zero-order valence-electron chi connectivity index (χ0n) is 15.5. The first-order chi connectivity index (χ1) is 13.2. The quantitative estimate of drug-likeness (QED) is 0.597. The molecule has 1 N–H and O–H groups in total. The second kappa shape index (κ2) is 8.24. The lowest BCUT2D eigenvalue weighted by Gasteiger charge is -2.38. The molecule has 2 aromatic rings. The molecule has 1 saturated heterocycles. The number of aliphatic hydroxyl groups excluding tert-OH is 1. The number of carbonyl (C=O) groups is 2. The van der Waals surface area contributed by atoms with Crippen molar-refractivity contribution in [2.24, 2.45) is 0 Å².